The normalized spacial score (nSPS) is 15.1. The van der Waals surface area contributed by atoms with E-state index in [9.17, 15) is 29.1 Å². The second kappa shape index (κ2) is 13.8. The van der Waals surface area contributed by atoms with Crippen molar-refractivity contribution >= 4 is 35.3 Å². The molecule has 0 saturated carbocycles. The summed E-state index contributed by atoms with van der Waals surface area (Å²) in [5.74, 6) is -9.50. The Morgan fingerprint density at radius 2 is 1.00 bits per heavy atom. The number of phenols is 1. The first kappa shape index (κ1) is 43.2. The summed E-state index contributed by atoms with van der Waals surface area (Å²) < 4.78 is 187. The largest absolute Gasteiger partial charge is 0.506 e. The fraction of sp³-hybridized carbons (Fsp3) is 0.256. The molecule has 2 heterocycles. The van der Waals surface area contributed by atoms with E-state index in [-0.39, 0.29) is 58.7 Å². The van der Waals surface area contributed by atoms with Gasteiger partial charge in [0.15, 0.2) is 0 Å². The lowest BCUT2D eigenvalue weighted by Gasteiger charge is -2.39. The van der Waals surface area contributed by atoms with Gasteiger partial charge in [0.25, 0.3) is 23.6 Å². The van der Waals surface area contributed by atoms with E-state index in [1.165, 1.54) is 13.8 Å². The molecule has 0 saturated heterocycles. The number of alkyl halides is 12. The SMILES string of the molecule is CC(=O)Oc1ccc(C(c2ccc(O)c(N3C(=O)c4ccc(C(c5ccc6c(c5)C(=O)NC6=O)(C(F)(F)F)C(F)(F)F)cc4C3=O)c2)(C(F)(F)F)C(F)(F)F)cc1C(C)C. The van der Waals surface area contributed by atoms with Gasteiger partial charge < -0.3 is 9.84 Å². The number of aromatic hydroxyl groups is 1. The van der Waals surface area contributed by atoms with Crippen molar-refractivity contribution in [1.82, 2.24) is 5.32 Å². The number of imide groups is 2. The zero-order valence-corrected chi connectivity index (χ0v) is 30.4. The summed E-state index contributed by atoms with van der Waals surface area (Å²) in [4.78, 5) is 63.1. The van der Waals surface area contributed by atoms with Crippen LogP contribution in [0.1, 0.15) is 95.9 Å². The summed E-state index contributed by atoms with van der Waals surface area (Å²) >= 11 is 0. The summed E-state index contributed by atoms with van der Waals surface area (Å²) in [7, 11) is 0. The van der Waals surface area contributed by atoms with Gasteiger partial charge >= 0.3 is 30.7 Å². The van der Waals surface area contributed by atoms with Crippen LogP contribution in [0.2, 0.25) is 0 Å². The lowest BCUT2D eigenvalue weighted by Crippen LogP contribution is -2.55. The second-order valence-electron chi connectivity index (χ2n) is 13.9. The Kier molecular flexibility index (Phi) is 9.95. The highest BCUT2D eigenvalue weighted by molar-refractivity contribution is 6.35. The average molecular weight is 861 g/mol. The van der Waals surface area contributed by atoms with Crippen LogP contribution in [0.5, 0.6) is 11.5 Å². The van der Waals surface area contributed by atoms with Crippen LogP contribution in [-0.4, -0.2) is 59.4 Å². The molecule has 0 aliphatic carbocycles. The first-order valence-corrected chi connectivity index (χ1v) is 17.0. The molecule has 2 N–H and O–H groups in total. The van der Waals surface area contributed by atoms with Gasteiger partial charge in [-0.2, -0.15) is 52.7 Å². The van der Waals surface area contributed by atoms with Crippen molar-refractivity contribution < 1.29 is 86.5 Å². The first-order chi connectivity index (χ1) is 27.5. The minimum atomic E-state index is -6.35. The molecule has 0 unspecified atom stereocenters. The maximum absolute atomic E-state index is 15.2. The van der Waals surface area contributed by atoms with Gasteiger partial charge in [0.05, 0.1) is 27.9 Å². The lowest BCUT2D eigenvalue weighted by molar-refractivity contribution is -0.290. The molecule has 0 fully saturated rings. The minimum Gasteiger partial charge on any atom is -0.506 e. The molecule has 0 bridgehead atoms. The molecule has 0 radical (unpaired) electrons. The van der Waals surface area contributed by atoms with Crippen LogP contribution in [0, 0.1) is 0 Å². The standard InChI is InChI=1S/C39H24F12N2O7/c1-16(2)24-12-20(7-11-29(24)60-17(3)54)35(38(46,47)48,39(49,50)51)21-6-10-28(55)27(15-21)53-32(58)23-9-5-19(14-26(23)33(53)59)34(36(40,41)42,37(43,44)45)18-4-8-22-25(13-18)31(57)52-30(22)56/h4-16,55H,1-3H3,(H,52,56,57). The first-order valence-electron chi connectivity index (χ1n) is 17.0. The Morgan fingerprint density at radius 1 is 0.583 bits per heavy atom. The molecule has 21 heteroatoms. The van der Waals surface area contributed by atoms with Crippen LogP contribution < -0.4 is 15.0 Å². The molecule has 60 heavy (non-hydrogen) atoms. The summed E-state index contributed by atoms with van der Waals surface area (Å²) in [6.45, 7) is 3.65. The van der Waals surface area contributed by atoms with Crippen molar-refractivity contribution in [3.63, 3.8) is 0 Å². The predicted octanol–water partition coefficient (Wildman–Crippen LogP) is 8.95. The number of rotatable bonds is 7. The van der Waals surface area contributed by atoms with E-state index in [2.05, 4.69) is 0 Å². The van der Waals surface area contributed by atoms with E-state index in [1.54, 1.807) is 5.32 Å². The predicted molar refractivity (Wildman–Crippen MR) is 182 cm³/mol. The molecule has 316 valence electrons. The average Bonchev–Trinajstić information content (AvgIpc) is 3.52. The van der Waals surface area contributed by atoms with E-state index in [4.69, 9.17) is 4.74 Å². The highest BCUT2D eigenvalue weighted by atomic mass is 19.4. The van der Waals surface area contributed by atoms with Crippen molar-refractivity contribution in [3.05, 3.63) is 123 Å². The number of halogens is 12. The van der Waals surface area contributed by atoms with E-state index < -0.39 is 127 Å². The Balaban J connectivity index is 1.55. The molecule has 0 atom stereocenters. The zero-order chi connectivity index (χ0) is 44.9. The van der Waals surface area contributed by atoms with Gasteiger partial charge in [-0.1, -0.05) is 44.2 Å². The van der Waals surface area contributed by atoms with Crippen molar-refractivity contribution in [2.24, 2.45) is 0 Å². The number of esters is 1. The fourth-order valence-corrected chi connectivity index (χ4v) is 7.47. The minimum absolute atomic E-state index is 0.0102. The Morgan fingerprint density at radius 3 is 1.50 bits per heavy atom. The zero-order valence-electron chi connectivity index (χ0n) is 30.4. The third-order valence-corrected chi connectivity index (χ3v) is 10.2. The highest BCUT2D eigenvalue weighted by Gasteiger charge is 2.74. The monoisotopic (exact) mass is 860 g/mol. The molecule has 9 nitrogen and oxygen atoms in total. The number of carbonyl (C=O) groups is 5. The number of phenolic OH excluding ortho intramolecular Hbond substituents is 1. The summed E-state index contributed by atoms with van der Waals surface area (Å²) in [5.41, 5.74) is -22.1. The number of hydrogen-bond acceptors (Lipinski definition) is 7. The number of benzene rings is 4. The van der Waals surface area contributed by atoms with Gasteiger partial charge in [-0.25, -0.2) is 4.90 Å². The molecule has 0 spiro atoms. The smallest absolute Gasteiger partial charge is 0.411 e. The molecular formula is C39H24F12N2O7. The van der Waals surface area contributed by atoms with E-state index in [0.29, 0.717) is 30.3 Å². The molecule has 2 aliphatic rings. The number of fused-ring (bicyclic) bond motifs is 2. The number of nitrogens with one attached hydrogen (secondary N) is 1. The van der Waals surface area contributed by atoms with Crippen LogP contribution in [-0.2, 0) is 15.6 Å². The van der Waals surface area contributed by atoms with Crippen LogP contribution in [0.25, 0.3) is 0 Å². The summed E-state index contributed by atoms with van der Waals surface area (Å²) in [6.07, 6.45) is -25.3. The van der Waals surface area contributed by atoms with Crippen molar-refractivity contribution in [2.75, 3.05) is 4.90 Å². The molecular weight excluding hydrogens is 836 g/mol. The van der Waals surface area contributed by atoms with Gasteiger partial charge in [-0.15, -0.1) is 0 Å². The Hall–Kier alpha value is -6.41. The van der Waals surface area contributed by atoms with Gasteiger partial charge in [0.2, 0.25) is 10.8 Å². The number of carbonyl (C=O) groups excluding carboxylic acids is 5. The van der Waals surface area contributed by atoms with E-state index in [0.717, 1.165) is 6.92 Å². The number of anilines is 1. The third-order valence-electron chi connectivity index (χ3n) is 10.2. The van der Waals surface area contributed by atoms with E-state index in [1.807, 2.05) is 0 Å². The van der Waals surface area contributed by atoms with Crippen LogP contribution in [0.4, 0.5) is 58.4 Å². The van der Waals surface area contributed by atoms with Gasteiger partial charge in [0, 0.05) is 6.92 Å². The van der Waals surface area contributed by atoms with E-state index >= 15 is 52.7 Å². The third kappa shape index (κ3) is 6.23. The number of amides is 4. The van der Waals surface area contributed by atoms with Crippen LogP contribution >= 0.6 is 0 Å². The second-order valence-corrected chi connectivity index (χ2v) is 13.9. The van der Waals surface area contributed by atoms with Crippen molar-refractivity contribution in [2.45, 2.75) is 62.2 Å². The molecule has 4 aromatic rings. The Bertz CT molecular complexity index is 2490. The molecule has 6 rings (SSSR count). The highest BCUT2D eigenvalue weighted by Crippen LogP contribution is 2.59. The summed E-state index contributed by atoms with van der Waals surface area (Å²) in [5, 5.41) is 12.5. The molecule has 0 aromatic heterocycles. The Labute approximate surface area is 328 Å². The molecule has 4 amide bonds. The topological polar surface area (TPSA) is 130 Å². The number of hydrogen-bond donors (Lipinski definition) is 2. The van der Waals surface area contributed by atoms with Crippen LogP contribution in [0.15, 0.2) is 72.8 Å². The molecule has 2 aliphatic heterocycles. The summed E-state index contributed by atoms with van der Waals surface area (Å²) in [6, 6.07) is 3.33. The van der Waals surface area contributed by atoms with Crippen LogP contribution in [0.3, 0.4) is 0 Å². The lowest BCUT2D eigenvalue weighted by atomic mass is 9.71. The fourth-order valence-electron chi connectivity index (χ4n) is 7.47. The van der Waals surface area contributed by atoms with Gasteiger partial charge in [-0.3, -0.25) is 29.3 Å². The number of nitrogens with zero attached hydrogens (tertiary/aromatic N) is 1. The van der Waals surface area contributed by atoms with Crippen molar-refractivity contribution in [3.8, 4) is 11.5 Å². The maximum atomic E-state index is 15.2. The number of ether oxygens (including phenoxy) is 1. The van der Waals surface area contributed by atoms with Crippen molar-refractivity contribution in [1.29, 1.82) is 0 Å². The van der Waals surface area contributed by atoms with Gasteiger partial charge in [0.1, 0.15) is 11.5 Å². The quantitative estimate of drug-likeness (QED) is 0.0822. The maximum Gasteiger partial charge on any atom is 0.411 e. The molecule has 4 aromatic carbocycles. The van der Waals surface area contributed by atoms with Gasteiger partial charge in [-0.05, 0) is 76.2 Å².